The van der Waals surface area contributed by atoms with E-state index in [2.05, 4.69) is 40.6 Å². The summed E-state index contributed by atoms with van der Waals surface area (Å²) in [6.07, 6.45) is 4.86. The van der Waals surface area contributed by atoms with Crippen LogP contribution in [-0.2, 0) is 0 Å². The summed E-state index contributed by atoms with van der Waals surface area (Å²) in [5.74, 6) is 0. The van der Waals surface area contributed by atoms with Crippen molar-refractivity contribution in [1.82, 2.24) is 10.1 Å². The summed E-state index contributed by atoms with van der Waals surface area (Å²) in [4.78, 5) is 3.27. The van der Waals surface area contributed by atoms with E-state index in [-0.39, 0.29) is 0 Å². The quantitative estimate of drug-likeness (QED) is 0.587. The second-order valence-electron chi connectivity index (χ2n) is 4.99. The summed E-state index contributed by atoms with van der Waals surface area (Å²) < 4.78 is 5.04. The van der Waals surface area contributed by atoms with Crippen LogP contribution in [0.25, 0.3) is 33.6 Å². The third-order valence-corrected chi connectivity index (χ3v) is 3.63. The molecule has 22 heavy (non-hydrogen) atoms. The highest BCUT2D eigenvalue weighted by Crippen LogP contribution is 2.38. The molecule has 0 atom stereocenters. The fourth-order valence-electron chi connectivity index (χ4n) is 2.62. The van der Waals surface area contributed by atoms with Crippen LogP contribution in [0.5, 0.6) is 0 Å². The van der Waals surface area contributed by atoms with Gasteiger partial charge in [-0.15, -0.1) is 0 Å². The molecular weight excluding hydrogens is 272 g/mol. The lowest BCUT2D eigenvalue weighted by molar-refractivity contribution is 0.422. The van der Waals surface area contributed by atoms with Crippen LogP contribution in [0.1, 0.15) is 0 Å². The largest absolute Gasteiger partial charge is 0.364 e. The van der Waals surface area contributed by atoms with E-state index in [0.717, 1.165) is 33.6 Å². The molecule has 0 aliphatic rings. The average molecular weight is 285 g/mol. The van der Waals surface area contributed by atoms with Crippen molar-refractivity contribution in [1.29, 1.82) is 0 Å². The van der Waals surface area contributed by atoms with Crippen LogP contribution in [0.2, 0.25) is 0 Å². The summed E-state index contributed by atoms with van der Waals surface area (Å²) >= 11 is 0. The molecular formula is C19H13N2O. The molecule has 3 heteroatoms. The number of hydrogen-bond acceptors (Lipinski definition) is 2. The van der Waals surface area contributed by atoms with Crippen LogP contribution in [-0.4, -0.2) is 10.1 Å². The van der Waals surface area contributed by atoms with E-state index in [4.69, 9.17) is 4.52 Å². The van der Waals surface area contributed by atoms with E-state index in [1.165, 1.54) is 0 Å². The van der Waals surface area contributed by atoms with E-state index >= 15 is 0 Å². The van der Waals surface area contributed by atoms with Crippen molar-refractivity contribution in [3.63, 3.8) is 0 Å². The summed E-state index contributed by atoms with van der Waals surface area (Å²) in [5, 5.41) is 4.12. The second-order valence-corrected chi connectivity index (χ2v) is 4.99. The zero-order valence-corrected chi connectivity index (χ0v) is 11.8. The van der Waals surface area contributed by atoms with E-state index in [1.807, 2.05) is 42.5 Å². The predicted octanol–water partition coefficient (Wildman–Crippen LogP) is 4.80. The third kappa shape index (κ3) is 2.13. The summed E-state index contributed by atoms with van der Waals surface area (Å²) in [5.41, 5.74) is 5.99. The molecule has 0 aliphatic carbocycles. The van der Waals surface area contributed by atoms with Gasteiger partial charge in [-0.25, -0.2) is 0 Å². The number of rotatable bonds is 3. The molecule has 1 N–H and O–H groups in total. The fourth-order valence-corrected chi connectivity index (χ4v) is 2.62. The highest BCUT2D eigenvalue weighted by atomic mass is 16.5. The van der Waals surface area contributed by atoms with Crippen LogP contribution >= 0.6 is 0 Å². The molecule has 2 aromatic carbocycles. The number of hydrogen-bond donors (Lipinski definition) is 1. The molecule has 0 spiro atoms. The Bertz CT molecular complexity index is 805. The zero-order valence-electron chi connectivity index (χ0n) is 11.8. The van der Waals surface area contributed by atoms with E-state index in [9.17, 15) is 0 Å². The SMILES string of the molecule is [c]1[nH]c(-c2ccccc2)c(-c2ccon2)c1-c1ccccc1. The van der Waals surface area contributed by atoms with Crippen molar-refractivity contribution in [2.75, 3.05) is 0 Å². The highest BCUT2D eigenvalue weighted by Gasteiger charge is 2.18. The number of nitrogens with one attached hydrogen (secondary N) is 1. The third-order valence-electron chi connectivity index (χ3n) is 3.63. The molecule has 0 bridgehead atoms. The topological polar surface area (TPSA) is 41.8 Å². The second kappa shape index (κ2) is 5.37. The molecule has 0 unspecified atom stereocenters. The first kappa shape index (κ1) is 12.7. The van der Waals surface area contributed by atoms with Crippen molar-refractivity contribution in [2.45, 2.75) is 0 Å². The minimum atomic E-state index is 0.801. The van der Waals surface area contributed by atoms with Crippen molar-refractivity contribution >= 4 is 0 Å². The maximum absolute atomic E-state index is 5.04. The van der Waals surface area contributed by atoms with Gasteiger partial charge in [0.15, 0.2) is 0 Å². The van der Waals surface area contributed by atoms with E-state index in [0.29, 0.717) is 0 Å². The molecule has 2 heterocycles. The number of aromatic amines is 1. The van der Waals surface area contributed by atoms with Crippen LogP contribution in [0, 0.1) is 6.20 Å². The van der Waals surface area contributed by atoms with Gasteiger partial charge in [-0.05, 0) is 11.1 Å². The Kier molecular flexibility index (Phi) is 3.09. The van der Waals surface area contributed by atoms with Crippen molar-refractivity contribution < 1.29 is 4.52 Å². The fraction of sp³-hybridized carbons (Fsp3) is 0. The first-order chi connectivity index (χ1) is 10.9. The normalized spacial score (nSPS) is 10.7. The monoisotopic (exact) mass is 285 g/mol. The Balaban J connectivity index is 1.96. The molecule has 3 nitrogen and oxygen atoms in total. The predicted molar refractivity (Wildman–Crippen MR) is 86.0 cm³/mol. The van der Waals surface area contributed by atoms with Gasteiger partial charge in [0.2, 0.25) is 0 Å². The lowest BCUT2D eigenvalue weighted by Gasteiger charge is -2.05. The molecule has 1 radical (unpaired) electrons. The van der Waals surface area contributed by atoms with Crippen molar-refractivity contribution in [3.8, 4) is 33.6 Å². The summed E-state index contributed by atoms with van der Waals surface area (Å²) in [6.45, 7) is 0. The number of benzene rings is 2. The number of H-pyrrole nitrogens is 1. The van der Waals surface area contributed by atoms with Crippen LogP contribution in [0.4, 0.5) is 0 Å². The van der Waals surface area contributed by atoms with Gasteiger partial charge >= 0.3 is 0 Å². The van der Waals surface area contributed by atoms with E-state index in [1.54, 1.807) is 6.26 Å². The van der Waals surface area contributed by atoms with Crippen LogP contribution in [0.15, 0.2) is 77.5 Å². The zero-order chi connectivity index (χ0) is 14.8. The Morgan fingerprint density at radius 3 is 2.14 bits per heavy atom. The smallest absolute Gasteiger partial charge is 0.124 e. The lowest BCUT2D eigenvalue weighted by atomic mass is 9.98. The molecule has 0 fully saturated rings. The first-order valence-electron chi connectivity index (χ1n) is 7.09. The average Bonchev–Trinajstić information content (AvgIpc) is 3.25. The van der Waals surface area contributed by atoms with Gasteiger partial charge in [0.1, 0.15) is 12.0 Å². The first-order valence-corrected chi connectivity index (χ1v) is 7.09. The Hall–Kier alpha value is -3.07. The highest BCUT2D eigenvalue weighted by molar-refractivity contribution is 5.91. The standard InChI is InChI=1S/C19H13N2O/c1-3-7-14(8-4-1)16-13-20-19(15-9-5-2-6-10-15)18(16)17-11-12-22-21-17/h1-12,20H. The number of aromatic nitrogens is 2. The van der Waals surface area contributed by atoms with Crippen LogP contribution < -0.4 is 0 Å². The van der Waals surface area contributed by atoms with E-state index < -0.39 is 0 Å². The van der Waals surface area contributed by atoms with Crippen LogP contribution in [0.3, 0.4) is 0 Å². The van der Waals surface area contributed by atoms with Crippen molar-refractivity contribution in [2.24, 2.45) is 0 Å². The molecule has 2 aromatic heterocycles. The molecule has 0 saturated heterocycles. The molecule has 0 saturated carbocycles. The Labute approximate surface area is 128 Å². The maximum atomic E-state index is 5.04. The van der Waals surface area contributed by atoms with Gasteiger partial charge in [-0.2, -0.15) is 0 Å². The maximum Gasteiger partial charge on any atom is 0.124 e. The molecule has 0 aliphatic heterocycles. The lowest BCUT2D eigenvalue weighted by Crippen LogP contribution is -1.84. The van der Waals surface area contributed by atoms with Gasteiger partial charge in [-0.3, -0.25) is 0 Å². The molecule has 105 valence electrons. The molecule has 0 amide bonds. The minimum Gasteiger partial charge on any atom is -0.364 e. The van der Waals surface area contributed by atoms with Crippen molar-refractivity contribution in [3.05, 3.63) is 79.2 Å². The Morgan fingerprint density at radius 1 is 0.818 bits per heavy atom. The summed E-state index contributed by atoms with van der Waals surface area (Å²) in [6, 6.07) is 22.2. The minimum absolute atomic E-state index is 0.801. The van der Waals surface area contributed by atoms with Gasteiger partial charge in [-0.1, -0.05) is 65.8 Å². The number of nitrogens with zero attached hydrogens (tertiary/aromatic N) is 1. The van der Waals surface area contributed by atoms with Gasteiger partial charge < -0.3 is 9.51 Å². The Morgan fingerprint density at radius 2 is 1.50 bits per heavy atom. The van der Waals surface area contributed by atoms with Gasteiger partial charge in [0, 0.05) is 17.2 Å². The van der Waals surface area contributed by atoms with Gasteiger partial charge in [0.25, 0.3) is 0 Å². The molecule has 4 aromatic rings. The summed E-state index contributed by atoms with van der Waals surface area (Å²) in [7, 11) is 0. The molecule has 4 rings (SSSR count). The van der Waals surface area contributed by atoms with Gasteiger partial charge in [0.05, 0.1) is 11.9 Å².